The van der Waals surface area contributed by atoms with Gasteiger partial charge in [-0.3, -0.25) is 10.9 Å². The molecule has 1 heterocycles. The van der Waals surface area contributed by atoms with Crippen molar-refractivity contribution in [2.45, 2.75) is 6.92 Å². The zero-order valence-corrected chi connectivity index (χ0v) is 21.0. The Kier molecular flexibility index (Phi) is 17.1. The summed E-state index contributed by atoms with van der Waals surface area (Å²) in [5, 5.41) is 8.45. The van der Waals surface area contributed by atoms with E-state index in [1.807, 2.05) is 79.7 Å². The van der Waals surface area contributed by atoms with Gasteiger partial charge in [-0.2, -0.15) is 10.2 Å². The second-order valence-corrected chi connectivity index (χ2v) is 5.47. The summed E-state index contributed by atoms with van der Waals surface area (Å²) in [4.78, 5) is 4.52. The maximum atomic E-state index is 4.52. The summed E-state index contributed by atoms with van der Waals surface area (Å²) in [6.45, 7) is 2.02. The van der Waals surface area contributed by atoms with Gasteiger partial charge < -0.3 is 37.2 Å². The SMILES string of the molecule is Cc1cc(C=NNc2ccccc2)nc(C=NNc2ccccc2)c1.[Cl-].[Cl-].[Cl-].[Nd+3]. The van der Waals surface area contributed by atoms with Crippen LogP contribution < -0.4 is 48.1 Å². The molecule has 3 rings (SSSR count). The van der Waals surface area contributed by atoms with Gasteiger partial charge in [-0.25, -0.2) is 4.98 Å². The molecule has 0 amide bonds. The summed E-state index contributed by atoms with van der Waals surface area (Å²) in [7, 11) is 0. The minimum Gasteiger partial charge on any atom is -1.00 e. The van der Waals surface area contributed by atoms with Crippen LogP contribution in [0.3, 0.4) is 0 Å². The number of rotatable bonds is 6. The molecule has 0 saturated heterocycles. The molecule has 0 aliphatic heterocycles. The van der Waals surface area contributed by atoms with Crippen LogP contribution in [-0.4, -0.2) is 17.4 Å². The fourth-order valence-electron chi connectivity index (χ4n) is 2.23. The Bertz CT molecular complexity index is 808. The van der Waals surface area contributed by atoms with Crippen molar-refractivity contribution in [1.82, 2.24) is 4.98 Å². The van der Waals surface area contributed by atoms with E-state index < -0.39 is 0 Å². The topological polar surface area (TPSA) is 61.7 Å². The van der Waals surface area contributed by atoms with E-state index in [0.29, 0.717) is 0 Å². The second-order valence-electron chi connectivity index (χ2n) is 5.47. The van der Waals surface area contributed by atoms with Crippen LogP contribution in [0.2, 0.25) is 0 Å². The Morgan fingerprint density at radius 2 is 1.07 bits per heavy atom. The molecule has 2 aromatic carbocycles. The minimum atomic E-state index is 0. The average Bonchev–Trinajstić information content (AvgIpc) is 2.63. The minimum absolute atomic E-state index is 0. The van der Waals surface area contributed by atoms with Crippen molar-refractivity contribution >= 4 is 23.8 Å². The second kappa shape index (κ2) is 16.5. The number of halogens is 3. The molecular weight excluding hydrogens is 561 g/mol. The summed E-state index contributed by atoms with van der Waals surface area (Å²) < 4.78 is 0. The molecule has 2 N–H and O–H groups in total. The summed E-state index contributed by atoms with van der Waals surface area (Å²) in [5.41, 5.74) is 10.5. The van der Waals surface area contributed by atoms with Gasteiger partial charge in [0.25, 0.3) is 0 Å². The molecule has 1 aromatic heterocycles. The van der Waals surface area contributed by atoms with Gasteiger partial charge in [0.05, 0.1) is 35.2 Å². The molecule has 0 bridgehead atoms. The van der Waals surface area contributed by atoms with Gasteiger partial charge in [-0.1, -0.05) is 36.4 Å². The standard InChI is InChI=1S/C20H19N5.3ClH.Nd/c1-16-12-19(14-21-24-17-8-4-2-5-9-17)23-20(13-16)15-22-25-18-10-6-3-7-11-18;;;;/h2-15,24-25H,1H3;3*1H;/q;;;;+3/p-3. The van der Waals surface area contributed by atoms with Crippen LogP contribution >= 0.6 is 0 Å². The van der Waals surface area contributed by atoms with Crippen molar-refractivity contribution in [3.63, 3.8) is 0 Å². The van der Waals surface area contributed by atoms with E-state index in [4.69, 9.17) is 0 Å². The number of nitrogens with zero attached hydrogens (tertiary/aromatic N) is 3. The number of hydrogen-bond donors (Lipinski definition) is 2. The predicted octanol–water partition coefficient (Wildman–Crippen LogP) is -4.71. The number of hydrogen-bond acceptors (Lipinski definition) is 5. The van der Waals surface area contributed by atoms with Crippen molar-refractivity contribution < 1.29 is 78.1 Å². The molecule has 5 nitrogen and oxygen atoms in total. The van der Waals surface area contributed by atoms with Crippen LogP contribution in [0, 0.1) is 47.8 Å². The number of aromatic nitrogens is 1. The monoisotopic (exact) mass is 576 g/mol. The van der Waals surface area contributed by atoms with Gasteiger partial charge in [0, 0.05) is 0 Å². The Labute approximate surface area is 222 Å². The molecule has 0 spiro atoms. The van der Waals surface area contributed by atoms with Crippen LogP contribution in [0.25, 0.3) is 0 Å². The first-order chi connectivity index (χ1) is 12.3. The van der Waals surface area contributed by atoms with Gasteiger partial charge in [0.2, 0.25) is 0 Å². The third kappa shape index (κ3) is 10.9. The van der Waals surface area contributed by atoms with Gasteiger partial charge in [0.1, 0.15) is 0 Å². The Hall–Kier alpha value is -1.25. The molecule has 3 aromatic rings. The molecule has 29 heavy (non-hydrogen) atoms. The summed E-state index contributed by atoms with van der Waals surface area (Å²) in [6, 6.07) is 23.5. The quantitative estimate of drug-likeness (QED) is 0.228. The summed E-state index contributed by atoms with van der Waals surface area (Å²) in [6.07, 6.45) is 3.39. The molecule has 0 aliphatic carbocycles. The first kappa shape index (κ1) is 29.9. The van der Waals surface area contributed by atoms with Crippen molar-refractivity contribution in [1.29, 1.82) is 0 Å². The van der Waals surface area contributed by atoms with Crippen molar-refractivity contribution in [3.8, 4) is 0 Å². The summed E-state index contributed by atoms with van der Waals surface area (Å²) in [5.74, 6) is 0. The summed E-state index contributed by atoms with van der Waals surface area (Å²) >= 11 is 0. The zero-order chi connectivity index (χ0) is 17.3. The van der Waals surface area contributed by atoms with E-state index in [2.05, 4.69) is 26.0 Å². The normalized spacial score (nSPS) is 9.55. The number of hydrazone groups is 2. The van der Waals surface area contributed by atoms with Crippen molar-refractivity contribution in [2.75, 3.05) is 10.9 Å². The largest absolute Gasteiger partial charge is 3.00 e. The molecule has 0 unspecified atom stereocenters. The Morgan fingerprint density at radius 3 is 1.45 bits per heavy atom. The average molecular weight is 580 g/mol. The zero-order valence-electron chi connectivity index (χ0n) is 15.6. The molecule has 0 aliphatic rings. The number of pyridine rings is 1. The maximum absolute atomic E-state index is 4.52. The predicted molar refractivity (Wildman–Crippen MR) is 104 cm³/mol. The number of aryl methyl sites for hydroxylation is 1. The molecule has 0 fully saturated rings. The van der Waals surface area contributed by atoms with Crippen LogP contribution in [0.15, 0.2) is 83.0 Å². The number of benzene rings is 2. The first-order valence-corrected chi connectivity index (χ1v) is 7.96. The van der Waals surface area contributed by atoms with E-state index in [1.165, 1.54) is 0 Å². The van der Waals surface area contributed by atoms with Crippen LogP contribution in [0.1, 0.15) is 17.0 Å². The molecule has 9 heteroatoms. The molecule has 0 saturated carbocycles. The number of anilines is 2. The van der Waals surface area contributed by atoms with Gasteiger partial charge in [-0.05, 0) is 48.9 Å². The molecule has 0 atom stereocenters. The van der Waals surface area contributed by atoms with E-state index in [9.17, 15) is 0 Å². The molecule has 1 radical (unpaired) electrons. The molecule has 149 valence electrons. The van der Waals surface area contributed by atoms with E-state index in [-0.39, 0.29) is 78.1 Å². The van der Waals surface area contributed by atoms with Crippen molar-refractivity contribution in [2.24, 2.45) is 10.2 Å². The van der Waals surface area contributed by atoms with Crippen molar-refractivity contribution in [3.05, 3.63) is 89.7 Å². The van der Waals surface area contributed by atoms with E-state index in [0.717, 1.165) is 28.3 Å². The van der Waals surface area contributed by atoms with Gasteiger partial charge in [0.15, 0.2) is 0 Å². The Morgan fingerprint density at radius 1 is 0.690 bits per heavy atom. The van der Waals surface area contributed by atoms with E-state index >= 15 is 0 Å². The van der Waals surface area contributed by atoms with Crippen LogP contribution in [0.5, 0.6) is 0 Å². The van der Waals surface area contributed by atoms with Gasteiger partial charge in [-0.15, -0.1) is 0 Å². The maximum Gasteiger partial charge on any atom is 3.00 e. The molecular formula is C20H19Cl3N5Nd. The van der Waals surface area contributed by atoms with Crippen LogP contribution in [0.4, 0.5) is 11.4 Å². The first-order valence-electron chi connectivity index (χ1n) is 7.96. The number of nitrogens with one attached hydrogen (secondary N) is 2. The third-order valence-corrected chi connectivity index (χ3v) is 3.34. The smallest absolute Gasteiger partial charge is 1.00 e. The Balaban J connectivity index is 0. The fraction of sp³-hybridized carbons (Fsp3) is 0.0500. The third-order valence-electron chi connectivity index (χ3n) is 3.34. The number of para-hydroxylation sites is 2. The van der Waals surface area contributed by atoms with Gasteiger partial charge >= 0.3 is 40.8 Å². The van der Waals surface area contributed by atoms with Crippen LogP contribution in [-0.2, 0) is 0 Å². The van der Waals surface area contributed by atoms with E-state index in [1.54, 1.807) is 12.4 Å². The fourth-order valence-corrected chi connectivity index (χ4v) is 2.23.